The van der Waals surface area contributed by atoms with Crippen molar-refractivity contribution in [3.63, 3.8) is 0 Å². The summed E-state index contributed by atoms with van der Waals surface area (Å²) in [6.07, 6.45) is 1.72. The van der Waals surface area contributed by atoms with Crippen molar-refractivity contribution < 1.29 is 15.3 Å². The third-order valence-corrected chi connectivity index (χ3v) is 5.43. The molecule has 0 aromatic heterocycles. The molecule has 0 heterocycles. The molecule has 0 radical (unpaired) electrons. The van der Waals surface area contributed by atoms with Crippen LogP contribution in [0.15, 0.2) is 41.2 Å². The van der Waals surface area contributed by atoms with E-state index in [1.165, 1.54) is 6.07 Å². The molecule has 1 aliphatic carbocycles. The fraction of sp³-hybridized carbons (Fsp3) is 0.381. The van der Waals surface area contributed by atoms with Gasteiger partial charge in [-0.15, -0.1) is 0 Å². The molecule has 0 fully saturated rings. The average molecular weight is 355 g/mol. The summed E-state index contributed by atoms with van der Waals surface area (Å²) in [7, 11) is 0. The number of hydrogen-bond acceptors (Lipinski definition) is 5. The average Bonchev–Trinajstić information content (AvgIpc) is 2.72. The molecule has 4 N–H and O–H groups in total. The minimum atomic E-state index is -0.952. The van der Waals surface area contributed by atoms with Crippen LogP contribution in [-0.4, -0.2) is 27.5 Å². The molecule has 1 aliphatic rings. The van der Waals surface area contributed by atoms with Crippen molar-refractivity contribution >= 4 is 5.69 Å². The van der Waals surface area contributed by atoms with Crippen molar-refractivity contribution in [1.82, 2.24) is 0 Å². The van der Waals surface area contributed by atoms with Crippen molar-refractivity contribution in [3.05, 3.63) is 63.3 Å². The van der Waals surface area contributed by atoms with Crippen LogP contribution in [0.4, 0.5) is 5.69 Å². The number of aryl methyl sites for hydroxylation is 1. The maximum absolute atomic E-state index is 11.9. The zero-order chi connectivity index (χ0) is 18.9. The number of nitrogens with one attached hydrogen (secondary N) is 1. The first-order chi connectivity index (χ1) is 12.3. The Morgan fingerprint density at radius 1 is 1.15 bits per heavy atom. The molecule has 2 aromatic carbocycles. The number of hydrogen-bond donors (Lipinski definition) is 4. The number of aromatic hydroxyl groups is 2. The van der Waals surface area contributed by atoms with E-state index in [2.05, 4.69) is 5.32 Å². The molecule has 5 heteroatoms. The van der Waals surface area contributed by atoms with E-state index in [1.807, 2.05) is 37.3 Å². The van der Waals surface area contributed by atoms with Crippen LogP contribution in [0.25, 0.3) is 0 Å². The second-order valence-corrected chi connectivity index (χ2v) is 7.36. The van der Waals surface area contributed by atoms with Gasteiger partial charge in [-0.25, -0.2) is 0 Å². The van der Waals surface area contributed by atoms with Crippen molar-refractivity contribution in [2.75, 3.05) is 11.9 Å². The highest BCUT2D eigenvalue weighted by Gasteiger charge is 2.36. The standard InChI is InChI=1S/C21H25NO4/c1-13-10-18(23)20(25)19(24)16-9-8-14(11-17(13)16)21(2,26)12-22-15-6-4-3-5-7-15/h3-7,10,14,22,26H,8-9,11-12H2,1-2H3,(H2,23,24,25)/t14-,21?/m0/s1. The lowest BCUT2D eigenvalue weighted by Gasteiger charge is -2.37. The van der Waals surface area contributed by atoms with Crippen LogP contribution in [0.1, 0.15) is 30.0 Å². The highest BCUT2D eigenvalue weighted by Crippen LogP contribution is 2.39. The number of aliphatic hydroxyl groups is 1. The monoisotopic (exact) mass is 355 g/mol. The van der Waals surface area contributed by atoms with E-state index < -0.39 is 16.8 Å². The number of benzene rings is 1. The minimum absolute atomic E-state index is 0.0241. The molecule has 0 spiro atoms. The molecule has 3 rings (SSSR count). The van der Waals surface area contributed by atoms with Crippen LogP contribution in [0.5, 0.6) is 11.5 Å². The minimum Gasteiger partial charge on any atom is -0.504 e. The van der Waals surface area contributed by atoms with Crippen LogP contribution in [0.3, 0.4) is 0 Å². The Morgan fingerprint density at radius 3 is 2.54 bits per heavy atom. The Balaban J connectivity index is 1.84. The molecule has 2 atom stereocenters. The highest BCUT2D eigenvalue weighted by molar-refractivity contribution is 5.51. The topological polar surface area (TPSA) is 89.8 Å². The Hall–Kier alpha value is -2.53. The molecule has 0 amide bonds. The second kappa shape index (κ2) is 7.00. The van der Waals surface area contributed by atoms with Crippen molar-refractivity contribution in [2.24, 2.45) is 5.92 Å². The highest BCUT2D eigenvalue weighted by atomic mass is 16.3. The number of fused-ring (bicyclic) bond motifs is 1. The third kappa shape index (κ3) is 3.53. The molecule has 2 aromatic rings. The van der Waals surface area contributed by atoms with Gasteiger partial charge in [-0.05, 0) is 68.4 Å². The lowest BCUT2D eigenvalue weighted by atomic mass is 9.74. The van der Waals surface area contributed by atoms with E-state index in [-0.39, 0.29) is 11.7 Å². The molecular weight excluding hydrogens is 330 g/mol. The van der Waals surface area contributed by atoms with Gasteiger partial charge in [0.05, 0.1) is 5.60 Å². The molecule has 138 valence electrons. The van der Waals surface area contributed by atoms with Crippen LogP contribution in [-0.2, 0) is 12.8 Å². The third-order valence-electron chi connectivity index (χ3n) is 5.43. The maximum Gasteiger partial charge on any atom is 0.224 e. The van der Waals surface area contributed by atoms with E-state index in [0.29, 0.717) is 31.4 Å². The van der Waals surface area contributed by atoms with Crippen LogP contribution in [0, 0.1) is 12.8 Å². The Kier molecular flexibility index (Phi) is 4.92. The fourth-order valence-electron chi connectivity index (χ4n) is 3.73. The second-order valence-electron chi connectivity index (χ2n) is 7.36. The molecule has 0 bridgehead atoms. The first kappa shape index (κ1) is 18.3. The van der Waals surface area contributed by atoms with Gasteiger partial charge in [0.2, 0.25) is 11.2 Å². The predicted octanol–water partition coefficient (Wildman–Crippen LogP) is 2.73. The van der Waals surface area contributed by atoms with Gasteiger partial charge in [-0.1, -0.05) is 18.2 Å². The van der Waals surface area contributed by atoms with E-state index in [0.717, 1.165) is 16.8 Å². The predicted molar refractivity (Wildman–Crippen MR) is 102 cm³/mol. The van der Waals surface area contributed by atoms with Gasteiger partial charge in [0, 0.05) is 17.8 Å². The summed E-state index contributed by atoms with van der Waals surface area (Å²) in [4.78, 5) is 11.9. The summed E-state index contributed by atoms with van der Waals surface area (Å²) >= 11 is 0. The normalized spacial score (nSPS) is 18.7. The van der Waals surface area contributed by atoms with E-state index in [4.69, 9.17) is 0 Å². The molecule has 0 aliphatic heterocycles. The number of rotatable bonds is 4. The summed E-state index contributed by atoms with van der Waals surface area (Å²) in [5.41, 5.74) is 1.61. The smallest absolute Gasteiger partial charge is 0.224 e. The fourth-order valence-corrected chi connectivity index (χ4v) is 3.73. The summed E-state index contributed by atoms with van der Waals surface area (Å²) in [5, 5.41) is 34.4. The largest absolute Gasteiger partial charge is 0.504 e. The van der Waals surface area contributed by atoms with Crippen LogP contribution in [0.2, 0.25) is 0 Å². The zero-order valence-corrected chi connectivity index (χ0v) is 15.1. The molecule has 0 saturated carbocycles. The van der Waals surface area contributed by atoms with E-state index in [1.54, 1.807) is 6.92 Å². The summed E-state index contributed by atoms with van der Waals surface area (Å²) < 4.78 is 0. The van der Waals surface area contributed by atoms with Gasteiger partial charge in [0.15, 0.2) is 5.75 Å². The summed E-state index contributed by atoms with van der Waals surface area (Å²) in [5.74, 6) is -0.937. The van der Waals surface area contributed by atoms with E-state index in [9.17, 15) is 20.1 Å². The van der Waals surface area contributed by atoms with Gasteiger partial charge in [0.1, 0.15) is 0 Å². The van der Waals surface area contributed by atoms with Crippen molar-refractivity contribution in [1.29, 1.82) is 0 Å². The Morgan fingerprint density at radius 2 is 1.85 bits per heavy atom. The molecular formula is C21H25NO4. The summed E-state index contributed by atoms with van der Waals surface area (Å²) in [6.45, 7) is 4.02. The maximum atomic E-state index is 11.9. The van der Waals surface area contributed by atoms with Gasteiger partial charge in [-0.2, -0.15) is 0 Å². The van der Waals surface area contributed by atoms with Crippen molar-refractivity contribution in [2.45, 2.75) is 38.7 Å². The van der Waals surface area contributed by atoms with Crippen LogP contribution < -0.4 is 10.7 Å². The Bertz CT molecular complexity index is 862. The summed E-state index contributed by atoms with van der Waals surface area (Å²) in [6, 6.07) is 11.1. The lowest BCUT2D eigenvalue weighted by Crippen LogP contribution is -2.44. The van der Waals surface area contributed by atoms with Gasteiger partial charge < -0.3 is 20.6 Å². The number of para-hydroxylation sites is 1. The number of anilines is 1. The van der Waals surface area contributed by atoms with E-state index >= 15 is 0 Å². The quantitative estimate of drug-likeness (QED) is 0.677. The molecule has 0 saturated heterocycles. The van der Waals surface area contributed by atoms with Gasteiger partial charge in [0.25, 0.3) is 0 Å². The first-order valence-corrected chi connectivity index (χ1v) is 8.88. The molecule has 5 nitrogen and oxygen atoms in total. The van der Waals surface area contributed by atoms with Crippen molar-refractivity contribution in [3.8, 4) is 11.5 Å². The first-order valence-electron chi connectivity index (χ1n) is 8.88. The SMILES string of the molecule is Cc1cc(=O)c(O)c(O)c2c1C[C@@H](C(C)(O)CNc1ccccc1)CC2. The molecule has 1 unspecified atom stereocenters. The lowest BCUT2D eigenvalue weighted by molar-refractivity contribution is 0.00527. The van der Waals surface area contributed by atoms with Crippen LogP contribution >= 0.6 is 0 Å². The van der Waals surface area contributed by atoms with Gasteiger partial charge in [-0.3, -0.25) is 4.79 Å². The molecule has 26 heavy (non-hydrogen) atoms. The zero-order valence-electron chi connectivity index (χ0n) is 15.1. The van der Waals surface area contributed by atoms with Gasteiger partial charge >= 0.3 is 0 Å². The Labute approximate surface area is 153 Å².